The van der Waals surface area contributed by atoms with E-state index in [0.717, 1.165) is 34.7 Å². The molecule has 10 heteroatoms. The van der Waals surface area contributed by atoms with Crippen LogP contribution in [-0.4, -0.2) is 34.6 Å². The minimum Gasteiger partial charge on any atom is -0.497 e. The van der Waals surface area contributed by atoms with E-state index in [1.807, 2.05) is 54.6 Å². The molecule has 1 amide bonds. The lowest BCUT2D eigenvalue weighted by atomic mass is 10.0. The van der Waals surface area contributed by atoms with Crippen LogP contribution in [0.3, 0.4) is 0 Å². The summed E-state index contributed by atoms with van der Waals surface area (Å²) in [6, 6.07) is 23.4. The molecule has 0 saturated heterocycles. The molecule has 7 nitrogen and oxygen atoms in total. The van der Waals surface area contributed by atoms with Crippen molar-refractivity contribution in [2.45, 2.75) is 31.8 Å². The van der Waals surface area contributed by atoms with Gasteiger partial charge in [-0.05, 0) is 53.6 Å². The lowest BCUT2D eigenvalue weighted by Gasteiger charge is -2.12. The average molecular weight is 535 g/mol. The summed E-state index contributed by atoms with van der Waals surface area (Å²) in [5, 5.41) is 11.6. The van der Waals surface area contributed by atoms with E-state index < -0.39 is 17.6 Å². The number of nitrogens with one attached hydrogen (secondary N) is 1. The molecule has 1 aliphatic rings. The summed E-state index contributed by atoms with van der Waals surface area (Å²) in [4.78, 5) is 18.9. The van der Waals surface area contributed by atoms with E-state index in [1.165, 1.54) is 12.1 Å². The fourth-order valence-electron chi connectivity index (χ4n) is 4.29. The third-order valence-electron chi connectivity index (χ3n) is 6.32. The Morgan fingerprint density at radius 1 is 1.03 bits per heavy atom. The van der Waals surface area contributed by atoms with Crippen LogP contribution in [-0.2, 0) is 24.1 Å². The predicted molar refractivity (Wildman–Crippen MR) is 139 cm³/mol. The molecule has 0 radical (unpaired) electrons. The normalized spacial score (nSPS) is 15.0. The quantitative estimate of drug-likeness (QED) is 0.315. The second kappa shape index (κ2) is 11.0. The van der Waals surface area contributed by atoms with Crippen LogP contribution in [0.1, 0.15) is 33.6 Å². The number of hydrogen-bond acceptors (Lipinski definition) is 5. The molecular formula is C29H25F3N4O3. The second-order valence-corrected chi connectivity index (χ2v) is 9.04. The SMILES string of the molecule is COc1ccc(C2=NOC(Cn3nc(-c4ccccc4)cc3C(=O)NCc3cccc(C(F)(F)F)c3)C2)cc1. The van der Waals surface area contributed by atoms with Crippen LogP contribution < -0.4 is 10.1 Å². The number of carbonyl (C=O) groups excluding carboxylic acids is 1. The Hall–Kier alpha value is -4.60. The topological polar surface area (TPSA) is 77.7 Å². The minimum absolute atomic E-state index is 0.0702. The van der Waals surface area contributed by atoms with Gasteiger partial charge in [-0.2, -0.15) is 18.3 Å². The van der Waals surface area contributed by atoms with Crippen molar-refractivity contribution in [2.24, 2.45) is 5.16 Å². The van der Waals surface area contributed by atoms with Crippen LogP contribution in [0.4, 0.5) is 13.2 Å². The minimum atomic E-state index is -4.46. The zero-order valence-corrected chi connectivity index (χ0v) is 21.0. The van der Waals surface area contributed by atoms with E-state index in [1.54, 1.807) is 17.9 Å². The first kappa shape index (κ1) is 26.0. The molecule has 4 aromatic rings. The molecule has 0 spiro atoms. The van der Waals surface area contributed by atoms with Crippen LogP contribution in [0, 0.1) is 0 Å². The number of carbonyl (C=O) groups is 1. The van der Waals surface area contributed by atoms with Crippen LogP contribution in [0.5, 0.6) is 5.75 Å². The van der Waals surface area contributed by atoms with E-state index >= 15 is 0 Å². The van der Waals surface area contributed by atoms with E-state index in [9.17, 15) is 18.0 Å². The van der Waals surface area contributed by atoms with Gasteiger partial charge in [-0.25, -0.2) is 0 Å². The molecule has 3 aromatic carbocycles. The van der Waals surface area contributed by atoms with Gasteiger partial charge >= 0.3 is 6.18 Å². The van der Waals surface area contributed by atoms with Gasteiger partial charge in [-0.15, -0.1) is 0 Å². The summed E-state index contributed by atoms with van der Waals surface area (Å²) in [6.07, 6.45) is -4.31. The summed E-state index contributed by atoms with van der Waals surface area (Å²) in [5.74, 6) is 0.275. The third-order valence-corrected chi connectivity index (χ3v) is 6.32. The van der Waals surface area contributed by atoms with Crippen molar-refractivity contribution in [3.8, 4) is 17.0 Å². The van der Waals surface area contributed by atoms with Gasteiger partial charge in [0.25, 0.3) is 5.91 Å². The zero-order chi connectivity index (χ0) is 27.4. The van der Waals surface area contributed by atoms with Gasteiger partial charge in [0.2, 0.25) is 0 Å². The Labute approximate surface area is 222 Å². The monoisotopic (exact) mass is 534 g/mol. The molecular weight excluding hydrogens is 509 g/mol. The number of amides is 1. The summed E-state index contributed by atoms with van der Waals surface area (Å²) < 4.78 is 46.0. The molecule has 0 bridgehead atoms. The molecule has 1 aromatic heterocycles. The third kappa shape index (κ3) is 6.11. The van der Waals surface area contributed by atoms with Gasteiger partial charge in [-0.1, -0.05) is 47.6 Å². The number of hydrogen-bond donors (Lipinski definition) is 1. The molecule has 1 aliphatic heterocycles. The van der Waals surface area contributed by atoms with Crippen LogP contribution in [0.25, 0.3) is 11.3 Å². The van der Waals surface area contributed by atoms with Crippen molar-refractivity contribution in [1.29, 1.82) is 0 Å². The maximum atomic E-state index is 13.2. The highest BCUT2D eigenvalue weighted by Crippen LogP contribution is 2.29. The van der Waals surface area contributed by atoms with Crippen LogP contribution in [0.2, 0.25) is 0 Å². The fraction of sp³-hybridized carbons (Fsp3) is 0.207. The molecule has 0 fully saturated rings. The number of rotatable bonds is 8. The number of aromatic nitrogens is 2. The molecule has 1 N–H and O–H groups in total. The van der Waals surface area contributed by atoms with Gasteiger partial charge in [0.15, 0.2) is 6.10 Å². The maximum Gasteiger partial charge on any atom is 0.416 e. The lowest BCUT2D eigenvalue weighted by Crippen LogP contribution is -2.28. The van der Waals surface area contributed by atoms with Crippen molar-refractivity contribution in [1.82, 2.24) is 15.1 Å². The Morgan fingerprint density at radius 3 is 2.51 bits per heavy atom. The summed E-state index contributed by atoms with van der Waals surface area (Å²) >= 11 is 0. The van der Waals surface area contributed by atoms with E-state index in [2.05, 4.69) is 15.6 Å². The molecule has 5 rings (SSSR count). The number of methoxy groups -OCH3 is 1. The Balaban J connectivity index is 1.33. The Morgan fingerprint density at radius 2 is 1.79 bits per heavy atom. The van der Waals surface area contributed by atoms with Gasteiger partial charge in [-0.3, -0.25) is 9.48 Å². The van der Waals surface area contributed by atoms with E-state index in [0.29, 0.717) is 17.7 Å². The molecule has 39 heavy (non-hydrogen) atoms. The van der Waals surface area contributed by atoms with Crippen molar-refractivity contribution < 1.29 is 27.5 Å². The maximum absolute atomic E-state index is 13.2. The summed E-state index contributed by atoms with van der Waals surface area (Å²) in [6.45, 7) is 0.182. The summed E-state index contributed by atoms with van der Waals surface area (Å²) in [5.41, 5.74) is 2.93. The number of halogens is 3. The predicted octanol–water partition coefficient (Wildman–Crippen LogP) is 5.70. The molecule has 0 aliphatic carbocycles. The molecule has 200 valence electrons. The number of oxime groups is 1. The molecule has 1 unspecified atom stereocenters. The van der Waals surface area contributed by atoms with Crippen molar-refractivity contribution in [3.05, 3.63) is 107 Å². The average Bonchev–Trinajstić information content (AvgIpc) is 3.60. The Bertz CT molecular complexity index is 1480. The van der Waals surface area contributed by atoms with Gasteiger partial charge in [0.05, 0.1) is 30.6 Å². The second-order valence-electron chi connectivity index (χ2n) is 9.04. The lowest BCUT2D eigenvalue weighted by molar-refractivity contribution is -0.137. The largest absolute Gasteiger partial charge is 0.497 e. The highest BCUT2D eigenvalue weighted by molar-refractivity contribution is 6.01. The van der Waals surface area contributed by atoms with Gasteiger partial charge in [0.1, 0.15) is 11.4 Å². The van der Waals surface area contributed by atoms with Crippen molar-refractivity contribution in [2.75, 3.05) is 7.11 Å². The molecule has 1 atom stereocenters. The van der Waals surface area contributed by atoms with Crippen LogP contribution >= 0.6 is 0 Å². The van der Waals surface area contributed by atoms with E-state index in [-0.39, 0.29) is 24.9 Å². The van der Waals surface area contributed by atoms with Crippen molar-refractivity contribution >= 4 is 11.6 Å². The fourth-order valence-corrected chi connectivity index (χ4v) is 4.29. The highest BCUT2D eigenvalue weighted by atomic mass is 19.4. The standard InChI is InChI=1S/C29H25F3N4O3/c1-38-23-12-10-21(11-13-23)26-15-24(39-35-26)18-36-27(16-25(34-36)20-7-3-2-4-8-20)28(37)33-17-19-6-5-9-22(14-19)29(30,31)32/h2-14,16,24H,15,17-18H2,1H3,(H,33,37). The number of nitrogens with zero attached hydrogens (tertiary/aromatic N) is 3. The van der Waals surface area contributed by atoms with Gasteiger partial charge in [0, 0.05) is 18.5 Å². The smallest absolute Gasteiger partial charge is 0.416 e. The van der Waals surface area contributed by atoms with E-state index in [4.69, 9.17) is 9.57 Å². The molecule has 2 heterocycles. The first-order valence-electron chi connectivity index (χ1n) is 12.2. The Kier molecular flexibility index (Phi) is 7.36. The number of ether oxygens (including phenoxy) is 1. The number of alkyl halides is 3. The van der Waals surface area contributed by atoms with Crippen LogP contribution in [0.15, 0.2) is 90.1 Å². The first-order valence-corrected chi connectivity index (χ1v) is 12.2. The molecule has 0 saturated carbocycles. The zero-order valence-electron chi connectivity index (χ0n) is 21.0. The van der Waals surface area contributed by atoms with Gasteiger partial charge < -0.3 is 14.9 Å². The highest BCUT2D eigenvalue weighted by Gasteiger charge is 2.30. The summed E-state index contributed by atoms with van der Waals surface area (Å²) in [7, 11) is 1.60. The number of benzene rings is 3. The van der Waals surface area contributed by atoms with Crippen molar-refractivity contribution in [3.63, 3.8) is 0 Å². The first-order chi connectivity index (χ1) is 18.8.